The fourth-order valence-corrected chi connectivity index (χ4v) is 2.77. The summed E-state index contributed by atoms with van der Waals surface area (Å²) in [4.78, 5) is 24.9. The predicted molar refractivity (Wildman–Crippen MR) is 106 cm³/mol. The molecule has 156 valence electrons. The standard InChI is InChI=1S/C20H20N4O6/c1-28-11-30-14-7-8-16(21)15(9-14)19(25)17-18(20(26)27)24(23-22-17)10-12-3-5-13(29-2)6-4-12/h3-9H,10-11,21H2,1-2H3,(H,26,27). The maximum Gasteiger partial charge on any atom is 0.356 e. The van der Waals surface area contributed by atoms with Gasteiger partial charge in [0, 0.05) is 12.8 Å². The van der Waals surface area contributed by atoms with Crippen molar-refractivity contribution in [1.29, 1.82) is 0 Å². The Labute approximate surface area is 171 Å². The van der Waals surface area contributed by atoms with Crippen LogP contribution < -0.4 is 15.2 Å². The number of ether oxygens (including phenoxy) is 3. The van der Waals surface area contributed by atoms with Gasteiger partial charge in [-0.1, -0.05) is 17.3 Å². The van der Waals surface area contributed by atoms with E-state index in [0.29, 0.717) is 11.5 Å². The highest BCUT2D eigenvalue weighted by molar-refractivity contribution is 6.15. The van der Waals surface area contributed by atoms with E-state index in [9.17, 15) is 14.7 Å². The lowest BCUT2D eigenvalue weighted by atomic mass is 10.0. The second kappa shape index (κ2) is 9.05. The number of aromatic nitrogens is 3. The quantitative estimate of drug-likeness (QED) is 0.306. The smallest absolute Gasteiger partial charge is 0.356 e. The topological polar surface area (TPSA) is 139 Å². The van der Waals surface area contributed by atoms with Crippen molar-refractivity contribution in [2.75, 3.05) is 26.7 Å². The third-order valence-electron chi connectivity index (χ3n) is 4.26. The van der Waals surface area contributed by atoms with Crippen molar-refractivity contribution in [3.05, 3.63) is 65.0 Å². The summed E-state index contributed by atoms with van der Waals surface area (Å²) in [6.07, 6.45) is 0. The molecule has 0 fully saturated rings. The molecule has 2 aromatic carbocycles. The van der Waals surface area contributed by atoms with Crippen LogP contribution in [0.3, 0.4) is 0 Å². The van der Waals surface area contributed by atoms with Crippen LogP contribution in [-0.2, 0) is 11.3 Å². The number of nitrogen functional groups attached to an aromatic ring is 1. The maximum absolute atomic E-state index is 13.0. The van der Waals surface area contributed by atoms with Gasteiger partial charge in [-0.05, 0) is 35.9 Å². The summed E-state index contributed by atoms with van der Waals surface area (Å²) < 4.78 is 16.4. The second-order valence-corrected chi connectivity index (χ2v) is 6.23. The van der Waals surface area contributed by atoms with E-state index in [0.717, 1.165) is 10.2 Å². The molecule has 0 bridgehead atoms. The first-order chi connectivity index (χ1) is 14.4. The minimum absolute atomic E-state index is 0.0179. The number of carbonyl (C=O) groups is 2. The Hall–Kier alpha value is -3.92. The molecule has 0 aliphatic carbocycles. The lowest BCUT2D eigenvalue weighted by Gasteiger charge is -2.09. The van der Waals surface area contributed by atoms with Gasteiger partial charge in [0.2, 0.25) is 5.78 Å². The maximum atomic E-state index is 13.0. The van der Waals surface area contributed by atoms with Crippen LogP contribution in [-0.4, -0.2) is 52.9 Å². The minimum Gasteiger partial charge on any atom is -0.497 e. The largest absolute Gasteiger partial charge is 0.497 e. The van der Waals surface area contributed by atoms with Gasteiger partial charge in [0.25, 0.3) is 0 Å². The Bertz CT molecular complexity index is 1060. The Morgan fingerprint density at radius 1 is 1.10 bits per heavy atom. The zero-order valence-corrected chi connectivity index (χ0v) is 16.4. The number of hydrogen-bond donors (Lipinski definition) is 2. The number of rotatable bonds is 9. The highest BCUT2D eigenvalue weighted by Gasteiger charge is 2.27. The first-order valence-electron chi connectivity index (χ1n) is 8.80. The van der Waals surface area contributed by atoms with Crippen molar-refractivity contribution in [3.8, 4) is 11.5 Å². The number of ketones is 1. The molecule has 3 N–H and O–H groups in total. The lowest BCUT2D eigenvalue weighted by molar-refractivity contribution is 0.0510. The summed E-state index contributed by atoms with van der Waals surface area (Å²) in [5, 5.41) is 17.4. The first kappa shape index (κ1) is 20.8. The first-order valence-corrected chi connectivity index (χ1v) is 8.80. The number of hydrogen-bond acceptors (Lipinski definition) is 8. The fourth-order valence-electron chi connectivity index (χ4n) is 2.77. The van der Waals surface area contributed by atoms with Crippen molar-refractivity contribution in [2.24, 2.45) is 0 Å². The molecule has 1 aromatic heterocycles. The molecule has 30 heavy (non-hydrogen) atoms. The van der Waals surface area contributed by atoms with Gasteiger partial charge in [-0.2, -0.15) is 0 Å². The van der Waals surface area contributed by atoms with Crippen LogP contribution in [0.1, 0.15) is 32.1 Å². The molecule has 3 aromatic rings. The van der Waals surface area contributed by atoms with Crippen LogP contribution >= 0.6 is 0 Å². The van der Waals surface area contributed by atoms with Crippen molar-refractivity contribution >= 4 is 17.4 Å². The summed E-state index contributed by atoms with van der Waals surface area (Å²) in [5.41, 5.74) is 6.25. The molecule has 0 saturated carbocycles. The number of benzene rings is 2. The van der Waals surface area contributed by atoms with Gasteiger partial charge in [0.05, 0.1) is 19.2 Å². The number of carbonyl (C=O) groups excluding carboxylic acids is 1. The lowest BCUT2D eigenvalue weighted by Crippen LogP contribution is -2.16. The molecule has 10 nitrogen and oxygen atoms in total. The monoisotopic (exact) mass is 412 g/mol. The SMILES string of the molecule is COCOc1ccc(N)c(C(=O)c2nnn(Cc3ccc(OC)cc3)c2C(=O)O)c1. The summed E-state index contributed by atoms with van der Waals surface area (Å²) in [6.45, 7) is 0.0916. The number of nitrogens with zero attached hydrogens (tertiary/aromatic N) is 3. The van der Waals surface area contributed by atoms with Crippen LogP contribution in [0.4, 0.5) is 5.69 Å². The number of carboxylic acids is 1. The third-order valence-corrected chi connectivity index (χ3v) is 4.26. The fraction of sp³-hybridized carbons (Fsp3) is 0.200. The van der Waals surface area contributed by atoms with Crippen LogP contribution in [0, 0.1) is 0 Å². The Morgan fingerprint density at radius 3 is 2.43 bits per heavy atom. The van der Waals surface area contributed by atoms with Crippen LogP contribution in [0.2, 0.25) is 0 Å². The van der Waals surface area contributed by atoms with Gasteiger partial charge < -0.3 is 25.1 Å². The van der Waals surface area contributed by atoms with Gasteiger partial charge in [-0.25, -0.2) is 9.48 Å². The van der Waals surface area contributed by atoms with E-state index in [1.807, 2.05) is 0 Å². The minimum atomic E-state index is -1.33. The number of nitrogens with two attached hydrogens (primary N) is 1. The van der Waals surface area contributed by atoms with E-state index in [2.05, 4.69) is 10.3 Å². The Balaban J connectivity index is 1.94. The molecule has 3 rings (SSSR count). The number of carboxylic acid groups (broad SMARTS) is 1. The Kier molecular flexibility index (Phi) is 6.28. The van der Waals surface area contributed by atoms with E-state index in [1.54, 1.807) is 37.4 Å². The molecule has 10 heteroatoms. The van der Waals surface area contributed by atoms with Gasteiger partial charge in [-0.15, -0.1) is 5.10 Å². The molecule has 1 heterocycles. The van der Waals surface area contributed by atoms with Crippen molar-refractivity contribution in [3.63, 3.8) is 0 Å². The number of anilines is 1. The molecule has 0 aliphatic heterocycles. The number of methoxy groups -OCH3 is 2. The van der Waals surface area contributed by atoms with E-state index in [1.165, 1.54) is 19.2 Å². The summed E-state index contributed by atoms with van der Waals surface area (Å²) in [7, 11) is 3.01. The molecular weight excluding hydrogens is 392 g/mol. The van der Waals surface area contributed by atoms with Crippen LogP contribution in [0.15, 0.2) is 42.5 Å². The third kappa shape index (κ3) is 4.39. The zero-order chi connectivity index (χ0) is 21.7. The van der Waals surface area contributed by atoms with Crippen molar-refractivity contribution in [1.82, 2.24) is 15.0 Å². The highest BCUT2D eigenvalue weighted by atomic mass is 16.7. The normalized spacial score (nSPS) is 10.6. The van der Waals surface area contributed by atoms with Gasteiger partial charge in [0.1, 0.15) is 11.5 Å². The predicted octanol–water partition coefficient (Wildman–Crippen LogP) is 1.83. The van der Waals surface area contributed by atoms with E-state index < -0.39 is 11.8 Å². The van der Waals surface area contributed by atoms with Gasteiger partial charge in [0.15, 0.2) is 18.2 Å². The summed E-state index contributed by atoms with van der Waals surface area (Å²) in [5.74, 6) is -0.995. The molecule has 0 amide bonds. The molecule has 0 atom stereocenters. The highest BCUT2D eigenvalue weighted by Crippen LogP contribution is 2.24. The van der Waals surface area contributed by atoms with Gasteiger partial charge >= 0.3 is 5.97 Å². The molecule has 0 spiro atoms. The summed E-state index contributed by atoms with van der Waals surface area (Å²) >= 11 is 0. The van der Waals surface area contributed by atoms with Gasteiger partial charge in [-0.3, -0.25) is 4.79 Å². The molecule has 0 aliphatic rings. The summed E-state index contributed by atoms with van der Waals surface area (Å²) in [6, 6.07) is 11.5. The zero-order valence-electron chi connectivity index (χ0n) is 16.4. The van der Waals surface area contributed by atoms with Crippen LogP contribution in [0.25, 0.3) is 0 Å². The average Bonchev–Trinajstić information content (AvgIpc) is 3.17. The van der Waals surface area contributed by atoms with E-state index >= 15 is 0 Å². The molecule has 0 saturated heterocycles. The van der Waals surface area contributed by atoms with Crippen molar-refractivity contribution < 1.29 is 28.9 Å². The molecular formula is C20H20N4O6. The van der Waals surface area contributed by atoms with Crippen molar-refractivity contribution in [2.45, 2.75) is 6.54 Å². The number of aromatic carboxylic acids is 1. The molecule has 0 radical (unpaired) electrons. The average molecular weight is 412 g/mol. The van der Waals surface area contributed by atoms with E-state index in [4.69, 9.17) is 19.9 Å². The van der Waals surface area contributed by atoms with Crippen LogP contribution in [0.5, 0.6) is 11.5 Å². The Morgan fingerprint density at radius 2 is 1.80 bits per heavy atom. The van der Waals surface area contributed by atoms with E-state index in [-0.39, 0.29) is 36.0 Å². The molecule has 0 unspecified atom stereocenters. The second-order valence-electron chi connectivity index (χ2n) is 6.23.